The van der Waals surface area contributed by atoms with Gasteiger partial charge in [-0.1, -0.05) is 0 Å². The molecule has 11 nitrogen and oxygen atoms in total. The number of hydrogen-bond acceptors (Lipinski definition) is 11. The normalized spacial score (nSPS) is 23.7. The fourth-order valence-corrected chi connectivity index (χ4v) is 5.20. The summed E-state index contributed by atoms with van der Waals surface area (Å²) in [5.74, 6) is 5.89. The molecule has 6 heterocycles. The molecule has 0 fully saturated rings. The lowest BCUT2D eigenvalue weighted by Gasteiger charge is -2.23. The summed E-state index contributed by atoms with van der Waals surface area (Å²) < 4.78 is 18.2. The molecule has 3 aromatic rings. The van der Waals surface area contributed by atoms with Crippen molar-refractivity contribution in [2.24, 2.45) is 0 Å². The lowest BCUT2D eigenvalue weighted by molar-refractivity contribution is 0.263. The zero-order valence-electron chi connectivity index (χ0n) is 24.3. The number of fused-ring (bicyclic) bond motifs is 18. The standard InChI is InChI=1S/C30H48N8O3/c1-2-26-20-32-8-14-38-17-11-35-23-29-5-3-27(40-29)21-33-9-15-37(13-7-31-19-25(1)39-26)16-10-34-22-28-4-6-30(41-28)24-36-12-18-38/h1-6,31-36H,7-24H2. The zero-order valence-corrected chi connectivity index (χ0v) is 24.3. The van der Waals surface area contributed by atoms with E-state index in [0.29, 0.717) is 0 Å². The Hall–Kier alpha value is -2.48. The summed E-state index contributed by atoms with van der Waals surface area (Å²) in [6.07, 6.45) is 0. The maximum absolute atomic E-state index is 6.07. The Kier molecular flexibility index (Phi) is 12.3. The summed E-state index contributed by atoms with van der Waals surface area (Å²) in [7, 11) is 0. The Bertz CT molecular complexity index is 911. The largest absolute Gasteiger partial charge is 0.463 e. The van der Waals surface area contributed by atoms with E-state index in [4.69, 9.17) is 13.3 Å². The van der Waals surface area contributed by atoms with Crippen molar-refractivity contribution in [3.05, 3.63) is 71.0 Å². The zero-order chi connectivity index (χ0) is 28.0. The number of nitrogens with zero attached hydrogens (tertiary/aromatic N) is 2. The molecular weight excluding hydrogens is 520 g/mol. The first-order chi connectivity index (χ1) is 20.3. The van der Waals surface area contributed by atoms with Gasteiger partial charge in [0, 0.05) is 78.5 Å². The average Bonchev–Trinajstić information content (AvgIpc) is 3.74. The van der Waals surface area contributed by atoms with Gasteiger partial charge in [-0.2, -0.15) is 0 Å². The Morgan fingerprint density at radius 1 is 0.341 bits per heavy atom. The van der Waals surface area contributed by atoms with E-state index in [1.165, 1.54) is 0 Å². The SMILES string of the molecule is c1cc2oc1CNCCN1CCNCc3ccc(o3)CNCCN(CCNC2)CCNCc2ccc(o2)CNCC1. The maximum atomic E-state index is 6.07. The van der Waals surface area contributed by atoms with Crippen LogP contribution in [0.2, 0.25) is 0 Å². The fraction of sp³-hybridized carbons (Fsp3) is 0.600. The molecular formula is C30H48N8O3. The van der Waals surface area contributed by atoms with Crippen LogP contribution in [0, 0.1) is 0 Å². The number of rotatable bonds is 0. The maximum Gasteiger partial charge on any atom is 0.118 e. The Balaban J connectivity index is 1.26. The Morgan fingerprint density at radius 3 is 0.732 bits per heavy atom. The second-order valence-electron chi connectivity index (χ2n) is 10.8. The lowest BCUT2D eigenvalue weighted by atomic mass is 10.3. The highest BCUT2D eigenvalue weighted by Crippen LogP contribution is 2.09. The Labute approximate surface area is 243 Å². The van der Waals surface area contributed by atoms with Crippen molar-refractivity contribution in [1.82, 2.24) is 41.7 Å². The molecule has 41 heavy (non-hydrogen) atoms. The second-order valence-corrected chi connectivity index (χ2v) is 10.8. The number of furan rings is 3. The van der Waals surface area contributed by atoms with Gasteiger partial charge in [0.1, 0.15) is 34.6 Å². The molecule has 0 amide bonds. The van der Waals surface area contributed by atoms with Gasteiger partial charge >= 0.3 is 0 Å². The van der Waals surface area contributed by atoms with E-state index in [1.807, 2.05) is 0 Å². The van der Waals surface area contributed by atoms with Gasteiger partial charge in [0.25, 0.3) is 0 Å². The van der Waals surface area contributed by atoms with Crippen LogP contribution in [0.25, 0.3) is 0 Å². The molecule has 3 aromatic heterocycles. The van der Waals surface area contributed by atoms with E-state index in [1.54, 1.807) is 0 Å². The van der Waals surface area contributed by atoms with Crippen molar-refractivity contribution in [3.8, 4) is 0 Å². The van der Waals surface area contributed by atoms with Crippen molar-refractivity contribution in [2.45, 2.75) is 39.3 Å². The summed E-state index contributed by atoms with van der Waals surface area (Å²) in [6.45, 7) is 15.6. The first-order valence-corrected chi connectivity index (χ1v) is 15.2. The summed E-state index contributed by atoms with van der Waals surface area (Å²) in [5.41, 5.74) is 0. The molecule has 8 bridgehead atoms. The lowest BCUT2D eigenvalue weighted by Crippen LogP contribution is -2.40. The quantitative estimate of drug-likeness (QED) is 0.234. The van der Waals surface area contributed by atoms with Gasteiger partial charge in [-0.15, -0.1) is 0 Å². The van der Waals surface area contributed by atoms with Crippen molar-refractivity contribution >= 4 is 0 Å². The van der Waals surface area contributed by atoms with Crippen LogP contribution in [0.4, 0.5) is 0 Å². The third-order valence-electron chi connectivity index (χ3n) is 7.58. The fourth-order valence-electron chi connectivity index (χ4n) is 5.20. The van der Waals surface area contributed by atoms with Crippen LogP contribution in [0.1, 0.15) is 34.6 Å². The van der Waals surface area contributed by atoms with Gasteiger partial charge in [-0.3, -0.25) is 9.80 Å². The summed E-state index contributed by atoms with van der Waals surface area (Å²) in [6, 6.07) is 12.5. The van der Waals surface area contributed by atoms with Gasteiger partial charge in [0.05, 0.1) is 39.3 Å². The molecule has 0 atom stereocenters. The van der Waals surface area contributed by atoms with E-state index in [2.05, 4.69) is 78.1 Å². The van der Waals surface area contributed by atoms with Crippen LogP contribution >= 0.6 is 0 Å². The molecule has 0 saturated heterocycles. The van der Waals surface area contributed by atoms with E-state index < -0.39 is 0 Å². The van der Waals surface area contributed by atoms with Crippen LogP contribution in [-0.4, -0.2) is 88.3 Å². The predicted octanol–water partition coefficient (Wildman–Crippen LogP) is 1.03. The highest BCUT2D eigenvalue weighted by atomic mass is 16.3. The van der Waals surface area contributed by atoms with Crippen LogP contribution < -0.4 is 31.9 Å². The van der Waals surface area contributed by atoms with Crippen LogP contribution in [0.3, 0.4) is 0 Å². The van der Waals surface area contributed by atoms with Gasteiger partial charge in [-0.25, -0.2) is 0 Å². The summed E-state index contributed by atoms with van der Waals surface area (Å²) in [4.78, 5) is 4.97. The van der Waals surface area contributed by atoms with Gasteiger partial charge in [0.2, 0.25) is 0 Å². The minimum atomic E-state index is 0.736. The third kappa shape index (κ3) is 10.7. The highest BCUT2D eigenvalue weighted by molar-refractivity contribution is 5.08. The molecule has 3 aliphatic rings. The molecule has 0 saturated carbocycles. The van der Waals surface area contributed by atoms with E-state index in [9.17, 15) is 0 Å². The molecule has 6 rings (SSSR count). The molecule has 3 aliphatic heterocycles. The Morgan fingerprint density at radius 2 is 0.537 bits per heavy atom. The van der Waals surface area contributed by atoms with Gasteiger partial charge in [-0.05, 0) is 36.4 Å². The molecule has 226 valence electrons. The minimum Gasteiger partial charge on any atom is -0.463 e. The second kappa shape index (κ2) is 16.8. The van der Waals surface area contributed by atoms with Crippen molar-refractivity contribution < 1.29 is 13.3 Å². The van der Waals surface area contributed by atoms with E-state index >= 15 is 0 Å². The van der Waals surface area contributed by atoms with Crippen molar-refractivity contribution in [1.29, 1.82) is 0 Å². The van der Waals surface area contributed by atoms with Crippen LogP contribution in [-0.2, 0) is 39.3 Å². The molecule has 0 aliphatic carbocycles. The molecule has 0 spiro atoms. The van der Waals surface area contributed by atoms with Crippen LogP contribution in [0.5, 0.6) is 0 Å². The van der Waals surface area contributed by atoms with Crippen molar-refractivity contribution in [3.63, 3.8) is 0 Å². The molecule has 6 N–H and O–H groups in total. The minimum absolute atomic E-state index is 0.736. The summed E-state index contributed by atoms with van der Waals surface area (Å²) >= 11 is 0. The average molecular weight is 569 g/mol. The molecule has 11 heteroatoms. The van der Waals surface area contributed by atoms with Crippen LogP contribution in [0.15, 0.2) is 49.6 Å². The summed E-state index contributed by atoms with van der Waals surface area (Å²) in [5, 5.41) is 21.4. The molecule has 0 radical (unpaired) electrons. The molecule has 0 unspecified atom stereocenters. The van der Waals surface area contributed by atoms with E-state index in [0.717, 1.165) is 152 Å². The van der Waals surface area contributed by atoms with Gasteiger partial charge in [0.15, 0.2) is 0 Å². The van der Waals surface area contributed by atoms with E-state index in [-0.39, 0.29) is 0 Å². The smallest absolute Gasteiger partial charge is 0.118 e. The number of nitrogens with one attached hydrogen (secondary N) is 6. The predicted molar refractivity (Wildman–Crippen MR) is 159 cm³/mol. The first-order valence-electron chi connectivity index (χ1n) is 15.2. The molecule has 0 aromatic carbocycles. The van der Waals surface area contributed by atoms with Gasteiger partial charge < -0.3 is 45.2 Å². The van der Waals surface area contributed by atoms with Crippen molar-refractivity contribution in [2.75, 3.05) is 78.5 Å². The number of hydrogen-bond donors (Lipinski definition) is 6. The third-order valence-corrected chi connectivity index (χ3v) is 7.58. The topological polar surface area (TPSA) is 118 Å². The monoisotopic (exact) mass is 568 g/mol. The first kappa shape index (κ1) is 30.0. The highest BCUT2D eigenvalue weighted by Gasteiger charge is 2.10.